The van der Waals surface area contributed by atoms with Gasteiger partial charge in [-0.25, -0.2) is 0 Å². The lowest BCUT2D eigenvalue weighted by Gasteiger charge is -2.11. The molecule has 140 valence electrons. The Morgan fingerprint density at radius 3 is 2.56 bits per heavy atom. The smallest absolute Gasteiger partial charge is 0.234 e. The zero-order chi connectivity index (χ0) is 19.6. The van der Waals surface area contributed by atoms with Gasteiger partial charge in [-0.15, -0.1) is 10.2 Å². The number of thioether (sulfide) groups is 1. The van der Waals surface area contributed by atoms with Crippen molar-refractivity contribution in [1.29, 1.82) is 0 Å². The second kappa shape index (κ2) is 8.27. The fraction of sp³-hybridized carbons (Fsp3) is 0.250. The fourth-order valence-corrected chi connectivity index (χ4v) is 4.03. The van der Waals surface area contributed by atoms with Crippen LogP contribution in [0.15, 0.2) is 46.0 Å². The van der Waals surface area contributed by atoms with Crippen molar-refractivity contribution in [2.45, 2.75) is 32.9 Å². The fourth-order valence-electron chi connectivity index (χ4n) is 2.64. The molecule has 0 fully saturated rings. The SMILES string of the molecule is Cc1ccc(NC(=O)CSc2nnc(C)n2-c2ccc(C)c(C)c2)c(Br)c1. The van der Waals surface area contributed by atoms with E-state index in [1.54, 1.807) is 0 Å². The van der Waals surface area contributed by atoms with Crippen molar-refractivity contribution in [3.63, 3.8) is 0 Å². The molecular formula is C20H21BrN4OS. The largest absolute Gasteiger partial charge is 0.324 e. The third-order valence-corrected chi connectivity index (χ3v) is 5.86. The van der Waals surface area contributed by atoms with Gasteiger partial charge in [0.05, 0.1) is 11.4 Å². The predicted molar refractivity (Wildman–Crippen MR) is 114 cm³/mol. The van der Waals surface area contributed by atoms with Gasteiger partial charge in [-0.05, 0) is 84.6 Å². The van der Waals surface area contributed by atoms with Crippen LogP contribution in [0.5, 0.6) is 0 Å². The number of hydrogen-bond donors (Lipinski definition) is 1. The highest BCUT2D eigenvalue weighted by molar-refractivity contribution is 9.10. The maximum Gasteiger partial charge on any atom is 0.234 e. The molecule has 0 aliphatic heterocycles. The molecule has 0 radical (unpaired) electrons. The van der Waals surface area contributed by atoms with Crippen molar-refractivity contribution in [1.82, 2.24) is 14.8 Å². The highest BCUT2D eigenvalue weighted by atomic mass is 79.9. The molecule has 0 unspecified atom stereocenters. The van der Waals surface area contributed by atoms with E-state index in [1.165, 1.54) is 22.9 Å². The van der Waals surface area contributed by atoms with E-state index in [0.29, 0.717) is 5.16 Å². The molecule has 3 rings (SSSR count). The van der Waals surface area contributed by atoms with Crippen LogP contribution in [0.25, 0.3) is 5.69 Å². The van der Waals surface area contributed by atoms with Gasteiger partial charge < -0.3 is 5.32 Å². The van der Waals surface area contributed by atoms with E-state index in [1.807, 2.05) is 42.7 Å². The molecular weight excluding hydrogens is 424 g/mol. The van der Waals surface area contributed by atoms with E-state index in [2.05, 4.69) is 57.4 Å². The molecule has 27 heavy (non-hydrogen) atoms. The van der Waals surface area contributed by atoms with Crippen molar-refractivity contribution in [2.75, 3.05) is 11.1 Å². The maximum absolute atomic E-state index is 12.4. The Labute approximate surface area is 171 Å². The number of hydrogen-bond acceptors (Lipinski definition) is 4. The summed E-state index contributed by atoms with van der Waals surface area (Å²) in [5.41, 5.74) is 5.34. The Bertz CT molecular complexity index is 1000. The molecule has 1 heterocycles. The van der Waals surface area contributed by atoms with Crippen molar-refractivity contribution >= 4 is 39.3 Å². The summed E-state index contributed by atoms with van der Waals surface area (Å²) in [6.07, 6.45) is 0. The van der Waals surface area contributed by atoms with Gasteiger partial charge in [-0.2, -0.15) is 0 Å². The molecule has 3 aromatic rings. The Morgan fingerprint density at radius 2 is 1.85 bits per heavy atom. The van der Waals surface area contributed by atoms with Crippen molar-refractivity contribution < 1.29 is 4.79 Å². The van der Waals surface area contributed by atoms with Crippen LogP contribution in [-0.2, 0) is 4.79 Å². The summed E-state index contributed by atoms with van der Waals surface area (Å²) in [7, 11) is 0. The molecule has 0 atom stereocenters. The van der Waals surface area contributed by atoms with E-state index in [4.69, 9.17) is 0 Å². The van der Waals surface area contributed by atoms with Gasteiger partial charge >= 0.3 is 0 Å². The maximum atomic E-state index is 12.4. The molecule has 5 nitrogen and oxygen atoms in total. The predicted octanol–water partition coefficient (Wildman–Crippen LogP) is 4.99. The highest BCUT2D eigenvalue weighted by Gasteiger charge is 2.14. The minimum atomic E-state index is -0.0863. The van der Waals surface area contributed by atoms with Crippen LogP contribution < -0.4 is 5.32 Å². The molecule has 0 aliphatic carbocycles. The van der Waals surface area contributed by atoms with Crippen molar-refractivity contribution in [3.05, 3.63) is 63.4 Å². The molecule has 0 aliphatic rings. The molecule has 0 spiro atoms. The molecule has 0 bridgehead atoms. The molecule has 1 N–H and O–H groups in total. The van der Waals surface area contributed by atoms with Crippen LogP contribution in [0.1, 0.15) is 22.5 Å². The summed E-state index contributed by atoms with van der Waals surface area (Å²) < 4.78 is 2.85. The highest BCUT2D eigenvalue weighted by Crippen LogP contribution is 2.26. The van der Waals surface area contributed by atoms with Crippen molar-refractivity contribution in [3.8, 4) is 5.69 Å². The average molecular weight is 445 g/mol. The lowest BCUT2D eigenvalue weighted by Crippen LogP contribution is -2.15. The summed E-state index contributed by atoms with van der Waals surface area (Å²) in [5.74, 6) is 0.961. The first-order chi connectivity index (χ1) is 12.8. The summed E-state index contributed by atoms with van der Waals surface area (Å²) in [6, 6.07) is 12.1. The summed E-state index contributed by atoms with van der Waals surface area (Å²) in [4.78, 5) is 12.4. The van der Waals surface area contributed by atoms with Crippen LogP contribution in [0.3, 0.4) is 0 Å². The van der Waals surface area contributed by atoms with E-state index < -0.39 is 0 Å². The van der Waals surface area contributed by atoms with Crippen LogP contribution >= 0.6 is 27.7 Å². The topological polar surface area (TPSA) is 59.8 Å². The Morgan fingerprint density at radius 1 is 1.07 bits per heavy atom. The number of carbonyl (C=O) groups is 1. The molecule has 1 amide bonds. The third kappa shape index (κ3) is 4.59. The standard InChI is InChI=1S/C20H21BrN4OS/c1-12-5-8-18(17(21)9-12)22-19(26)11-27-20-24-23-15(4)25(20)16-7-6-13(2)14(3)10-16/h5-10H,11H2,1-4H3,(H,22,26). The number of amides is 1. The molecule has 0 saturated heterocycles. The van der Waals surface area contributed by atoms with Gasteiger partial charge in [0.2, 0.25) is 5.91 Å². The first kappa shape index (κ1) is 19.6. The lowest BCUT2D eigenvalue weighted by atomic mass is 10.1. The number of nitrogens with zero attached hydrogens (tertiary/aromatic N) is 3. The van der Waals surface area contributed by atoms with E-state index in [0.717, 1.165) is 27.2 Å². The first-order valence-electron chi connectivity index (χ1n) is 8.53. The number of aromatic nitrogens is 3. The van der Waals surface area contributed by atoms with Gasteiger partial charge in [0, 0.05) is 10.2 Å². The summed E-state index contributed by atoms with van der Waals surface area (Å²) in [6.45, 7) is 8.09. The number of benzene rings is 2. The number of anilines is 1. The molecule has 7 heteroatoms. The number of rotatable bonds is 5. The van der Waals surface area contributed by atoms with Crippen LogP contribution in [0.2, 0.25) is 0 Å². The first-order valence-corrected chi connectivity index (χ1v) is 10.3. The van der Waals surface area contributed by atoms with Crippen LogP contribution in [-0.4, -0.2) is 26.4 Å². The van der Waals surface area contributed by atoms with E-state index >= 15 is 0 Å². The Balaban J connectivity index is 1.73. The normalized spacial score (nSPS) is 10.9. The van der Waals surface area contributed by atoms with Gasteiger partial charge in [0.15, 0.2) is 5.16 Å². The number of carbonyl (C=O) groups excluding carboxylic acids is 1. The van der Waals surface area contributed by atoms with Gasteiger partial charge in [-0.3, -0.25) is 9.36 Å². The Kier molecular flexibility index (Phi) is 6.01. The van der Waals surface area contributed by atoms with Crippen LogP contribution in [0, 0.1) is 27.7 Å². The average Bonchev–Trinajstić information content (AvgIpc) is 2.99. The number of aryl methyl sites for hydroxylation is 4. The van der Waals surface area contributed by atoms with E-state index in [9.17, 15) is 4.79 Å². The Hall–Kier alpha value is -2.12. The molecule has 2 aromatic carbocycles. The number of halogens is 1. The van der Waals surface area contributed by atoms with Gasteiger partial charge in [0.1, 0.15) is 5.82 Å². The second-order valence-corrected chi connectivity index (χ2v) is 8.25. The van der Waals surface area contributed by atoms with Crippen molar-refractivity contribution in [2.24, 2.45) is 0 Å². The summed E-state index contributed by atoms with van der Waals surface area (Å²) >= 11 is 4.85. The lowest BCUT2D eigenvalue weighted by molar-refractivity contribution is -0.113. The second-order valence-electron chi connectivity index (χ2n) is 6.45. The molecule has 0 saturated carbocycles. The summed E-state index contributed by atoms with van der Waals surface area (Å²) in [5, 5.41) is 12.1. The zero-order valence-corrected chi connectivity index (χ0v) is 18.1. The van der Waals surface area contributed by atoms with Gasteiger partial charge in [-0.1, -0.05) is 23.9 Å². The minimum Gasteiger partial charge on any atom is -0.324 e. The minimum absolute atomic E-state index is 0.0863. The number of nitrogens with one attached hydrogen (secondary N) is 1. The monoisotopic (exact) mass is 444 g/mol. The van der Waals surface area contributed by atoms with E-state index in [-0.39, 0.29) is 11.7 Å². The molecule has 1 aromatic heterocycles. The zero-order valence-electron chi connectivity index (χ0n) is 15.7. The third-order valence-electron chi connectivity index (χ3n) is 4.27. The quantitative estimate of drug-likeness (QED) is 0.562. The van der Waals surface area contributed by atoms with Crippen LogP contribution in [0.4, 0.5) is 5.69 Å². The van der Waals surface area contributed by atoms with Gasteiger partial charge in [0.25, 0.3) is 0 Å².